The Labute approximate surface area is 173 Å². The Morgan fingerprint density at radius 3 is 2.52 bits per heavy atom. The molecular weight excluding hydrogens is 392 g/mol. The van der Waals surface area contributed by atoms with E-state index in [2.05, 4.69) is 20.9 Å². The van der Waals surface area contributed by atoms with Crippen LogP contribution in [0.1, 0.15) is 27.2 Å². The van der Waals surface area contributed by atoms with E-state index in [4.69, 9.17) is 17.3 Å². The minimum Gasteiger partial charge on any atom is -0.382 e. The van der Waals surface area contributed by atoms with Gasteiger partial charge in [-0.1, -0.05) is 35.0 Å². The van der Waals surface area contributed by atoms with Crippen molar-refractivity contribution in [2.75, 3.05) is 11.1 Å². The van der Waals surface area contributed by atoms with Crippen molar-refractivity contribution in [3.8, 4) is 0 Å². The van der Waals surface area contributed by atoms with Crippen molar-refractivity contribution in [1.29, 1.82) is 0 Å². The van der Waals surface area contributed by atoms with Crippen LogP contribution in [0.25, 0.3) is 0 Å². The van der Waals surface area contributed by atoms with E-state index in [1.165, 1.54) is 4.68 Å². The van der Waals surface area contributed by atoms with Crippen LogP contribution in [0.15, 0.2) is 42.5 Å². The molecule has 150 valence electrons. The molecule has 0 radical (unpaired) electrons. The number of rotatable bonds is 6. The number of nitrogen functional groups attached to an aromatic ring is 1. The molecule has 3 aromatic rings. The van der Waals surface area contributed by atoms with Crippen LogP contribution >= 0.6 is 11.6 Å². The SMILES string of the molecule is Cc1ccc(NC(=O)Cn2nnc(C(=O)NCc3ccc(Cl)cc3)c2N)cc1C. The van der Waals surface area contributed by atoms with Gasteiger partial charge in [0.1, 0.15) is 6.54 Å². The van der Waals surface area contributed by atoms with Crippen LogP contribution in [0.2, 0.25) is 5.02 Å². The number of carbonyl (C=O) groups is 2. The molecule has 1 aromatic heterocycles. The molecular formula is C20H21ClN6O2. The van der Waals surface area contributed by atoms with E-state index < -0.39 is 5.91 Å². The summed E-state index contributed by atoms with van der Waals surface area (Å²) < 4.78 is 1.19. The highest BCUT2D eigenvalue weighted by atomic mass is 35.5. The van der Waals surface area contributed by atoms with Crippen molar-refractivity contribution in [1.82, 2.24) is 20.3 Å². The Morgan fingerprint density at radius 1 is 1.10 bits per heavy atom. The number of anilines is 2. The molecule has 0 fully saturated rings. The number of carbonyl (C=O) groups excluding carboxylic acids is 2. The fourth-order valence-corrected chi connectivity index (χ4v) is 2.75. The van der Waals surface area contributed by atoms with Crippen LogP contribution in [0, 0.1) is 13.8 Å². The Balaban J connectivity index is 1.60. The number of nitrogens with one attached hydrogen (secondary N) is 2. The molecule has 0 atom stereocenters. The van der Waals surface area contributed by atoms with Gasteiger partial charge in [0.05, 0.1) is 0 Å². The predicted molar refractivity (Wildman–Crippen MR) is 112 cm³/mol. The van der Waals surface area contributed by atoms with Gasteiger partial charge in [-0.3, -0.25) is 9.59 Å². The van der Waals surface area contributed by atoms with E-state index in [1.54, 1.807) is 24.3 Å². The second kappa shape index (κ2) is 8.74. The number of hydrogen-bond donors (Lipinski definition) is 3. The average molecular weight is 413 g/mol. The molecule has 4 N–H and O–H groups in total. The third-order valence-electron chi connectivity index (χ3n) is 4.44. The van der Waals surface area contributed by atoms with E-state index in [1.807, 2.05) is 32.0 Å². The smallest absolute Gasteiger partial charge is 0.275 e. The first kappa shape index (κ1) is 20.3. The highest BCUT2D eigenvalue weighted by Crippen LogP contribution is 2.15. The van der Waals surface area contributed by atoms with Crippen molar-refractivity contribution < 1.29 is 9.59 Å². The van der Waals surface area contributed by atoms with Crippen molar-refractivity contribution in [2.45, 2.75) is 26.9 Å². The van der Waals surface area contributed by atoms with Gasteiger partial charge >= 0.3 is 0 Å². The lowest BCUT2D eigenvalue weighted by atomic mass is 10.1. The quantitative estimate of drug-likeness (QED) is 0.575. The fraction of sp³-hybridized carbons (Fsp3) is 0.200. The van der Waals surface area contributed by atoms with Crippen LogP contribution in [-0.4, -0.2) is 26.8 Å². The van der Waals surface area contributed by atoms with Gasteiger partial charge in [-0.2, -0.15) is 0 Å². The van der Waals surface area contributed by atoms with Crippen molar-refractivity contribution in [3.63, 3.8) is 0 Å². The first-order valence-corrected chi connectivity index (χ1v) is 9.30. The lowest BCUT2D eigenvalue weighted by Gasteiger charge is -2.08. The van der Waals surface area contributed by atoms with Gasteiger partial charge in [-0.05, 0) is 54.8 Å². The van der Waals surface area contributed by atoms with Crippen LogP contribution in [-0.2, 0) is 17.9 Å². The molecule has 0 saturated carbocycles. The molecule has 8 nitrogen and oxygen atoms in total. The molecule has 2 aromatic carbocycles. The molecule has 0 aliphatic rings. The monoisotopic (exact) mass is 412 g/mol. The zero-order chi connectivity index (χ0) is 21.0. The second-order valence-electron chi connectivity index (χ2n) is 6.64. The summed E-state index contributed by atoms with van der Waals surface area (Å²) >= 11 is 5.84. The van der Waals surface area contributed by atoms with Crippen LogP contribution in [0.5, 0.6) is 0 Å². The normalized spacial score (nSPS) is 10.6. The minimum absolute atomic E-state index is 0.0221. The molecule has 0 spiro atoms. The van der Waals surface area contributed by atoms with E-state index in [0.29, 0.717) is 10.7 Å². The van der Waals surface area contributed by atoms with Crippen LogP contribution < -0.4 is 16.4 Å². The molecule has 0 bridgehead atoms. The summed E-state index contributed by atoms with van der Waals surface area (Å²) in [5.74, 6) is -0.773. The third-order valence-corrected chi connectivity index (χ3v) is 4.69. The summed E-state index contributed by atoms with van der Waals surface area (Å²) in [7, 11) is 0. The topological polar surface area (TPSA) is 115 Å². The summed E-state index contributed by atoms with van der Waals surface area (Å²) in [4.78, 5) is 24.6. The van der Waals surface area contributed by atoms with Gasteiger partial charge in [0, 0.05) is 17.3 Å². The Kier molecular flexibility index (Phi) is 6.13. The van der Waals surface area contributed by atoms with Crippen molar-refractivity contribution >= 4 is 34.9 Å². The van der Waals surface area contributed by atoms with E-state index >= 15 is 0 Å². The van der Waals surface area contributed by atoms with E-state index in [-0.39, 0.29) is 30.5 Å². The zero-order valence-corrected chi connectivity index (χ0v) is 16.8. The van der Waals surface area contributed by atoms with E-state index in [0.717, 1.165) is 16.7 Å². The van der Waals surface area contributed by atoms with Gasteiger partial charge in [0.15, 0.2) is 11.5 Å². The number of aryl methyl sites for hydroxylation is 2. The summed E-state index contributed by atoms with van der Waals surface area (Å²) in [6, 6.07) is 12.7. The molecule has 2 amide bonds. The highest BCUT2D eigenvalue weighted by molar-refractivity contribution is 6.30. The average Bonchev–Trinajstić information content (AvgIpc) is 3.04. The summed E-state index contributed by atoms with van der Waals surface area (Å²) in [6.07, 6.45) is 0. The minimum atomic E-state index is -0.474. The first-order valence-electron chi connectivity index (χ1n) is 8.92. The highest BCUT2D eigenvalue weighted by Gasteiger charge is 2.18. The van der Waals surface area contributed by atoms with Gasteiger partial charge in [-0.15, -0.1) is 5.10 Å². The van der Waals surface area contributed by atoms with Gasteiger partial charge in [-0.25, -0.2) is 4.68 Å². The number of benzene rings is 2. The number of halogens is 1. The molecule has 3 rings (SSSR count). The summed E-state index contributed by atoms with van der Waals surface area (Å²) in [5, 5.41) is 13.7. The zero-order valence-electron chi connectivity index (χ0n) is 16.1. The van der Waals surface area contributed by atoms with Gasteiger partial charge < -0.3 is 16.4 Å². The molecule has 0 aliphatic heterocycles. The maximum atomic E-state index is 12.3. The third kappa shape index (κ3) is 5.11. The second-order valence-corrected chi connectivity index (χ2v) is 7.07. The standard InChI is InChI=1S/C20H21ClN6O2/c1-12-3-8-16(9-13(12)2)24-17(28)11-27-19(22)18(25-26-27)20(29)23-10-14-4-6-15(21)7-5-14/h3-9H,10-11,22H2,1-2H3,(H,23,29)(H,24,28). The van der Waals surface area contributed by atoms with Gasteiger partial charge in [0.25, 0.3) is 5.91 Å². The predicted octanol–water partition coefficient (Wildman–Crippen LogP) is 2.70. The van der Waals surface area contributed by atoms with Crippen LogP contribution in [0.4, 0.5) is 11.5 Å². The largest absolute Gasteiger partial charge is 0.382 e. The molecule has 0 aliphatic carbocycles. The number of hydrogen-bond acceptors (Lipinski definition) is 5. The Morgan fingerprint density at radius 2 is 1.83 bits per heavy atom. The Bertz CT molecular complexity index is 1050. The number of aromatic nitrogens is 3. The van der Waals surface area contributed by atoms with Crippen molar-refractivity contribution in [2.24, 2.45) is 0 Å². The molecule has 29 heavy (non-hydrogen) atoms. The molecule has 0 unspecified atom stereocenters. The maximum Gasteiger partial charge on any atom is 0.275 e. The number of nitrogens with zero attached hydrogens (tertiary/aromatic N) is 3. The molecule has 1 heterocycles. The van der Waals surface area contributed by atoms with Crippen molar-refractivity contribution in [3.05, 3.63) is 69.9 Å². The lowest BCUT2D eigenvalue weighted by Crippen LogP contribution is -2.25. The lowest BCUT2D eigenvalue weighted by molar-refractivity contribution is -0.116. The molecule has 0 saturated heterocycles. The van der Waals surface area contributed by atoms with E-state index in [9.17, 15) is 9.59 Å². The first-order chi connectivity index (χ1) is 13.8. The Hall–Kier alpha value is -3.39. The summed E-state index contributed by atoms with van der Waals surface area (Å²) in [6.45, 7) is 4.09. The number of amides is 2. The van der Waals surface area contributed by atoms with Gasteiger partial charge in [0.2, 0.25) is 5.91 Å². The maximum absolute atomic E-state index is 12.3. The summed E-state index contributed by atoms with van der Waals surface area (Å²) in [5.41, 5.74) is 9.69. The molecule has 9 heteroatoms. The van der Waals surface area contributed by atoms with Crippen LogP contribution in [0.3, 0.4) is 0 Å². The fourth-order valence-electron chi connectivity index (χ4n) is 2.62. The number of nitrogens with two attached hydrogens (primary N) is 1.